The molecule has 2 nitrogen and oxygen atoms in total. The maximum atomic E-state index is 4.23. The number of hydrogen-bond acceptors (Lipinski definition) is 2. The van der Waals surface area contributed by atoms with Crippen molar-refractivity contribution in [3.8, 4) is 0 Å². The van der Waals surface area contributed by atoms with Crippen molar-refractivity contribution in [1.29, 1.82) is 0 Å². The molecule has 104 valence electrons. The van der Waals surface area contributed by atoms with Crippen molar-refractivity contribution in [3.63, 3.8) is 0 Å². The molecule has 2 bridgehead atoms. The lowest BCUT2D eigenvalue weighted by molar-refractivity contribution is 0.116. The molecular formula is C17H26N2. The molecule has 0 aliphatic heterocycles. The molecule has 1 aromatic rings. The minimum atomic E-state index is 0.394. The van der Waals surface area contributed by atoms with Gasteiger partial charge in [-0.15, -0.1) is 0 Å². The normalized spacial score (nSPS) is 37.5. The third-order valence-electron chi connectivity index (χ3n) is 6.43. The monoisotopic (exact) mass is 258 g/mol. The van der Waals surface area contributed by atoms with Crippen LogP contribution in [0.2, 0.25) is 0 Å². The Kier molecular flexibility index (Phi) is 2.97. The van der Waals surface area contributed by atoms with Gasteiger partial charge in [-0.25, -0.2) is 0 Å². The van der Waals surface area contributed by atoms with Gasteiger partial charge in [-0.1, -0.05) is 26.8 Å². The van der Waals surface area contributed by atoms with E-state index >= 15 is 0 Å². The smallest absolute Gasteiger partial charge is 0.0315 e. The molecule has 0 spiro atoms. The van der Waals surface area contributed by atoms with Crippen LogP contribution in [0.3, 0.4) is 0 Å². The van der Waals surface area contributed by atoms with Gasteiger partial charge < -0.3 is 5.32 Å². The average molecular weight is 258 g/mol. The number of pyridine rings is 1. The van der Waals surface area contributed by atoms with Crippen molar-refractivity contribution in [1.82, 2.24) is 10.3 Å². The summed E-state index contributed by atoms with van der Waals surface area (Å²) in [6, 6.07) is 5.24. The van der Waals surface area contributed by atoms with Crippen LogP contribution in [-0.4, -0.2) is 11.0 Å². The SMILES string of the molecule is C[C@H](NC1CC2CCC1(C)C2(C)C)c1cccnc1. The zero-order valence-electron chi connectivity index (χ0n) is 12.6. The highest BCUT2D eigenvalue weighted by Crippen LogP contribution is 2.65. The molecule has 1 N–H and O–H groups in total. The van der Waals surface area contributed by atoms with E-state index in [1.807, 2.05) is 18.5 Å². The first-order chi connectivity index (χ1) is 8.95. The summed E-state index contributed by atoms with van der Waals surface area (Å²) >= 11 is 0. The summed E-state index contributed by atoms with van der Waals surface area (Å²) in [4.78, 5) is 4.23. The Morgan fingerprint density at radius 2 is 2.16 bits per heavy atom. The fourth-order valence-electron chi connectivity index (χ4n) is 4.49. The van der Waals surface area contributed by atoms with Crippen molar-refractivity contribution in [2.75, 3.05) is 0 Å². The van der Waals surface area contributed by atoms with Crippen LogP contribution in [0.25, 0.3) is 0 Å². The van der Waals surface area contributed by atoms with E-state index in [9.17, 15) is 0 Å². The minimum Gasteiger partial charge on any atom is -0.307 e. The Morgan fingerprint density at radius 1 is 1.37 bits per heavy atom. The van der Waals surface area contributed by atoms with Gasteiger partial charge in [-0.2, -0.15) is 0 Å². The van der Waals surface area contributed by atoms with Gasteiger partial charge in [0, 0.05) is 24.5 Å². The van der Waals surface area contributed by atoms with Gasteiger partial charge in [0.05, 0.1) is 0 Å². The Labute approximate surface area is 117 Å². The number of aromatic nitrogens is 1. The van der Waals surface area contributed by atoms with Gasteiger partial charge >= 0.3 is 0 Å². The molecule has 0 amide bonds. The van der Waals surface area contributed by atoms with E-state index in [-0.39, 0.29) is 0 Å². The van der Waals surface area contributed by atoms with Gasteiger partial charge in [0.2, 0.25) is 0 Å². The zero-order valence-corrected chi connectivity index (χ0v) is 12.6. The Hall–Kier alpha value is -0.890. The second-order valence-corrected chi connectivity index (χ2v) is 7.34. The first kappa shape index (κ1) is 13.1. The first-order valence-corrected chi connectivity index (χ1v) is 7.61. The summed E-state index contributed by atoms with van der Waals surface area (Å²) in [6.45, 7) is 9.70. The second kappa shape index (κ2) is 4.31. The molecule has 19 heavy (non-hydrogen) atoms. The van der Waals surface area contributed by atoms with Crippen LogP contribution in [-0.2, 0) is 0 Å². The first-order valence-electron chi connectivity index (χ1n) is 7.61. The number of rotatable bonds is 3. The second-order valence-electron chi connectivity index (χ2n) is 7.34. The van der Waals surface area contributed by atoms with E-state index in [0.29, 0.717) is 22.9 Å². The molecule has 3 rings (SSSR count). The van der Waals surface area contributed by atoms with E-state index in [0.717, 1.165) is 5.92 Å². The Balaban J connectivity index is 1.76. The van der Waals surface area contributed by atoms with Crippen molar-refractivity contribution in [3.05, 3.63) is 30.1 Å². The summed E-state index contributed by atoms with van der Waals surface area (Å²) in [5, 5.41) is 3.88. The van der Waals surface area contributed by atoms with E-state index in [2.05, 4.69) is 44.1 Å². The quantitative estimate of drug-likeness (QED) is 0.888. The molecule has 2 aliphatic rings. The van der Waals surface area contributed by atoms with Crippen LogP contribution in [0, 0.1) is 16.7 Å². The summed E-state index contributed by atoms with van der Waals surface area (Å²) in [5.74, 6) is 0.899. The molecule has 0 aromatic carbocycles. The third kappa shape index (κ3) is 1.84. The Morgan fingerprint density at radius 3 is 2.68 bits per heavy atom. The molecule has 0 radical (unpaired) electrons. The zero-order chi connectivity index (χ0) is 13.7. The highest BCUT2D eigenvalue weighted by Gasteiger charge is 2.61. The molecule has 0 saturated heterocycles. The van der Waals surface area contributed by atoms with Crippen molar-refractivity contribution < 1.29 is 0 Å². The molecule has 1 heterocycles. The van der Waals surface area contributed by atoms with Crippen molar-refractivity contribution in [2.24, 2.45) is 16.7 Å². The topological polar surface area (TPSA) is 24.9 Å². The number of fused-ring (bicyclic) bond motifs is 2. The lowest BCUT2D eigenvalue weighted by atomic mass is 9.69. The maximum Gasteiger partial charge on any atom is 0.0315 e. The maximum absolute atomic E-state index is 4.23. The van der Waals surface area contributed by atoms with Crippen LogP contribution in [0.15, 0.2) is 24.5 Å². The van der Waals surface area contributed by atoms with Gasteiger partial charge in [-0.3, -0.25) is 4.98 Å². The summed E-state index contributed by atoms with van der Waals surface area (Å²) in [6.07, 6.45) is 7.97. The van der Waals surface area contributed by atoms with Gasteiger partial charge in [-0.05, 0) is 54.6 Å². The molecule has 3 unspecified atom stereocenters. The predicted molar refractivity (Wildman–Crippen MR) is 78.8 cm³/mol. The summed E-state index contributed by atoms with van der Waals surface area (Å²) in [5.41, 5.74) is 2.24. The largest absolute Gasteiger partial charge is 0.307 e. The minimum absolute atomic E-state index is 0.394. The van der Waals surface area contributed by atoms with E-state index in [4.69, 9.17) is 0 Å². The van der Waals surface area contributed by atoms with Crippen LogP contribution in [0.5, 0.6) is 0 Å². The third-order valence-corrected chi connectivity index (χ3v) is 6.43. The summed E-state index contributed by atoms with van der Waals surface area (Å²) < 4.78 is 0. The van der Waals surface area contributed by atoms with E-state index < -0.39 is 0 Å². The van der Waals surface area contributed by atoms with Crippen LogP contribution in [0.1, 0.15) is 58.6 Å². The molecular weight excluding hydrogens is 232 g/mol. The molecule has 2 saturated carbocycles. The van der Waals surface area contributed by atoms with E-state index in [1.165, 1.54) is 24.8 Å². The highest BCUT2D eigenvalue weighted by molar-refractivity contribution is 5.17. The molecule has 2 heteroatoms. The molecule has 1 aromatic heterocycles. The average Bonchev–Trinajstić information content (AvgIpc) is 2.73. The molecule has 2 aliphatic carbocycles. The van der Waals surface area contributed by atoms with E-state index in [1.54, 1.807) is 0 Å². The summed E-state index contributed by atoms with van der Waals surface area (Å²) in [7, 11) is 0. The van der Waals surface area contributed by atoms with Crippen molar-refractivity contribution >= 4 is 0 Å². The highest BCUT2D eigenvalue weighted by atomic mass is 15.0. The van der Waals surface area contributed by atoms with Crippen molar-refractivity contribution in [2.45, 2.75) is 59.0 Å². The number of hydrogen-bond donors (Lipinski definition) is 1. The molecule has 4 atom stereocenters. The standard InChI is InChI=1S/C17H26N2/c1-12(13-6-5-9-18-11-13)19-15-10-14-7-8-17(15,4)16(14,2)3/h5-6,9,11-12,14-15,19H,7-8,10H2,1-4H3/t12-,14?,15?,17?/m0/s1. The Bertz CT molecular complexity index is 454. The van der Waals surface area contributed by atoms with Gasteiger partial charge in [0.15, 0.2) is 0 Å². The fraction of sp³-hybridized carbons (Fsp3) is 0.706. The van der Waals surface area contributed by atoms with Gasteiger partial charge in [0.1, 0.15) is 0 Å². The van der Waals surface area contributed by atoms with Crippen LogP contribution < -0.4 is 5.32 Å². The number of nitrogens with one attached hydrogen (secondary N) is 1. The predicted octanol–water partition coefficient (Wildman–Crippen LogP) is 3.95. The molecule has 2 fully saturated rings. The van der Waals surface area contributed by atoms with Crippen LogP contribution in [0.4, 0.5) is 0 Å². The van der Waals surface area contributed by atoms with Crippen LogP contribution >= 0.6 is 0 Å². The fourth-order valence-corrected chi connectivity index (χ4v) is 4.49. The number of nitrogens with zero attached hydrogens (tertiary/aromatic N) is 1. The lowest BCUT2D eigenvalue weighted by Crippen LogP contribution is -2.45. The lowest BCUT2D eigenvalue weighted by Gasteiger charge is -2.40. The van der Waals surface area contributed by atoms with Gasteiger partial charge in [0.25, 0.3) is 0 Å².